The number of amides is 1. The van der Waals surface area contributed by atoms with Crippen LogP contribution < -0.4 is 10.5 Å². The summed E-state index contributed by atoms with van der Waals surface area (Å²) in [6.45, 7) is 7.04. The number of hydrogen-bond acceptors (Lipinski definition) is 4. The van der Waals surface area contributed by atoms with Gasteiger partial charge in [-0.1, -0.05) is 6.08 Å². The number of unbranched alkanes of at least 4 members (excludes halogenated alkanes) is 1. The van der Waals surface area contributed by atoms with Gasteiger partial charge in [-0.15, -0.1) is 6.58 Å². The van der Waals surface area contributed by atoms with Gasteiger partial charge in [0.15, 0.2) is 0 Å². The van der Waals surface area contributed by atoms with Crippen molar-refractivity contribution in [3.05, 3.63) is 30.0 Å². The Balaban J connectivity index is 2.73. The molecule has 112 valence electrons. The average molecular weight is 300 g/mol. The number of rotatable bonds is 7. The van der Waals surface area contributed by atoms with Crippen molar-refractivity contribution in [2.45, 2.75) is 44.2 Å². The van der Waals surface area contributed by atoms with Crippen molar-refractivity contribution in [3.63, 3.8) is 0 Å². The number of allylic oxidation sites excluding steroid dienone is 1. The molecule has 0 unspecified atom stereocenters. The summed E-state index contributed by atoms with van der Waals surface area (Å²) in [5.41, 5.74) is 0.185. The normalized spacial score (nSPS) is 12.9. The predicted molar refractivity (Wildman–Crippen MR) is 75.8 cm³/mol. The number of hydrogen-bond donors (Lipinski definition) is 2. The number of carbonyl (C=O) groups excluding carboxylic acids is 1. The Morgan fingerprint density at radius 2 is 2.25 bits per heavy atom. The van der Waals surface area contributed by atoms with Crippen LogP contribution in [0, 0.1) is 6.92 Å². The largest absolute Gasteiger partial charge is 0.448 e. The van der Waals surface area contributed by atoms with Crippen LogP contribution >= 0.6 is 0 Å². The van der Waals surface area contributed by atoms with Gasteiger partial charge in [0.25, 0.3) is 15.9 Å². The zero-order valence-corrected chi connectivity index (χ0v) is 12.5. The zero-order valence-electron chi connectivity index (χ0n) is 11.7. The number of nitrogens with one attached hydrogen (secondary N) is 1. The van der Waals surface area contributed by atoms with E-state index in [0.717, 1.165) is 25.3 Å². The second kappa shape index (κ2) is 6.71. The van der Waals surface area contributed by atoms with E-state index < -0.39 is 15.1 Å². The van der Waals surface area contributed by atoms with Crippen LogP contribution in [0.1, 0.15) is 42.3 Å². The summed E-state index contributed by atoms with van der Waals surface area (Å²) in [4.78, 5) is 12.0. The second-order valence-corrected chi connectivity index (χ2v) is 6.17. The quantitative estimate of drug-likeness (QED) is 0.591. The molecule has 0 aliphatic heterocycles. The third-order valence-electron chi connectivity index (χ3n) is 2.84. The molecule has 1 atom stereocenters. The molecule has 6 nitrogen and oxygen atoms in total. The summed E-state index contributed by atoms with van der Waals surface area (Å²) in [7, 11) is -3.94. The lowest BCUT2D eigenvalue weighted by molar-refractivity contribution is 0.0936. The van der Waals surface area contributed by atoms with Gasteiger partial charge in [0.1, 0.15) is 5.76 Å². The van der Waals surface area contributed by atoms with Crippen molar-refractivity contribution in [1.29, 1.82) is 0 Å². The van der Waals surface area contributed by atoms with E-state index in [1.807, 2.05) is 13.0 Å². The first-order valence-corrected chi connectivity index (χ1v) is 7.85. The molecule has 3 N–H and O–H groups in total. The van der Waals surface area contributed by atoms with Crippen molar-refractivity contribution >= 4 is 15.9 Å². The number of primary sulfonamides is 1. The van der Waals surface area contributed by atoms with Crippen molar-refractivity contribution < 1.29 is 17.6 Å². The fourth-order valence-corrected chi connectivity index (χ4v) is 2.29. The Labute approximate surface area is 119 Å². The third kappa shape index (κ3) is 4.50. The van der Waals surface area contributed by atoms with E-state index in [2.05, 4.69) is 11.9 Å². The Bertz CT molecular complexity index is 590. The molecule has 0 saturated heterocycles. The smallest absolute Gasteiger partial charge is 0.271 e. The van der Waals surface area contributed by atoms with Gasteiger partial charge >= 0.3 is 0 Å². The minimum atomic E-state index is -3.94. The summed E-state index contributed by atoms with van der Waals surface area (Å²) < 4.78 is 27.3. The molecule has 0 aliphatic rings. The third-order valence-corrected chi connectivity index (χ3v) is 3.61. The second-order valence-electron chi connectivity index (χ2n) is 4.67. The summed E-state index contributed by atoms with van der Waals surface area (Å²) in [6.07, 6.45) is 4.46. The molecular formula is C13H20N2O4S. The van der Waals surface area contributed by atoms with Crippen LogP contribution in [0.25, 0.3) is 0 Å². The molecule has 0 saturated carbocycles. The molecule has 0 fully saturated rings. The molecule has 0 aliphatic carbocycles. The molecule has 1 heterocycles. The standard InChI is InChI=1S/C13H20N2O4S/c1-4-5-6-7-9(2)15-13(16)11-8-12(19-10(11)3)20(14,17)18/h4,8-9H,1,5-7H2,2-3H3,(H,15,16)(H2,14,17,18)/t9-/m0/s1. The fraction of sp³-hybridized carbons (Fsp3) is 0.462. The monoisotopic (exact) mass is 300 g/mol. The Morgan fingerprint density at radius 3 is 2.75 bits per heavy atom. The van der Waals surface area contributed by atoms with Gasteiger partial charge in [0.05, 0.1) is 5.56 Å². The van der Waals surface area contributed by atoms with Crippen LogP contribution in [0.15, 0.2) is 28.2 Å². The highest BCUT2D eigenvalue weighted by Gasteiger charge is 2.21. The number of furan rings is 1. The lowest BCUT2D eigenvalue weighted by Crippen LogP contribution is -2.32. The maximum Gasteiger partial charge on any atom is 0.271 e. The van der Waals surface area contributed by atoms with Crippen molar-refractivity contribution in [2.24, 2.45) is 5.14 Å². The number of sulfonamides is 1. The maximum absolute atomic E-state index is 12.0. The van der Waals surface area contributed by atoms with Crippen LogP contribution in [0.2, 0.25) is 0 Å². The number of nitrogens with two attached hydrogens (primary N) is 1. The van der Waals surface area contributed by atoms with Crippen LogP contribution in [0.3, 0.4) is 0 Å². The molecule has 0 aromatic carbocycles. The van der Waals surface area contributed by atoms with E-state index in [0.29, 0.717) is 0 Å². The molecule has 1 aromatic rings. The first-order valence-electron chi connectivity index (χ1n) is 6.30. The molecule has 1 aromatic heterocycles. The van der Waals surface area contributed by atoms with Gasteiger partial charge < -0.3 is 9.73 Å². The first kappa shape index (κ1) is 16.5. The van der Waals surface area contributed by atoms with Crippen LogP contribution in [0.5, 0.6) is 0 Å². The topological polar surface area (TPSA) is 102 Å². The highest BCUT2D eigenvalue weighted by Crippen LogP contribution is 2.18. The summed E-state index contributed by atoms with van der Waals surface area (Å²) >= 11 is 0. The van der Waals surface area contributed by atoms with Gasteiger partial charge in [0.2, 0.25) is 5.09 Å². The first-order chi connectivity index (χ1) is 9.25. The molecule has 20 heavy (non-hydrogen) atoms. The van der Waals surface area contributed by atoms with E-state index in [4.69, 9.17) is 9.56 Å². The zero-order chi connectivity index (χ0) is 15.3. The van der Waals surface area contributed by atoms with E-state index >= 15 is 0 Å². The Kier molecular flexibility index (Phi) is 5.52. The SMILES string of the molecule is C=CCCC[C@H](C)NC(=O)c1cc(S(N)(=O)=O)oc1C. The predicted octanol–water partition coefficient (Wildman–Crippen LogP) is 1.71. The van der Waals surface area contributed by atoms with Gasteiger partial charge in [-0.25, -0.2) is 13.6 Å². The summed E-state index contributed by atoms with van der Waals surface area (Å²) in [5.74, 6) is -0.142. The lowest BCUT2D eigenvalue weighted by Gasteiger charge is -2.12. The maximum atomic E-state index is 12.0. The minimum absolute atomic E-state index is 0.0188. The Morgan fingerprint density at radius 1 is 1.60 bits per heavy atom. The van der Waals surface area contributed by atoms with Gasteiger partial charge in [-0.05, 0) is 33.1 Å². The Hall–Kier alpha value is -1.60. The average Bonchev–Trinajstić information content (AvgIpc) is 2.71. The molecule has 1 amide bonds. The highest BCUT2D eigenvalue weighted by molar-refractivity contribution is 7.89. The van der Waals surface area contributed by atoms with Crippen molar-refractivity contribution in [2.75, 3.05) is 0 Å². The molecular weight excluding hydrogens is 280 g/mol. The molecule has 0 bridgehead atoms. The van der Waals surface area contributed by atoms with Crippen LogP contribution in [0.4, 0.5) is 0 Å². The number of carbonyl (C=O) groups is 1. The minimum Gasteiger partial charge on any atom is -0.448 e. The molecule has 0 radical (unpaired) electrons. The fourth-order valence-electron chi connectivity index (χ4n) is 1.76. The molecule has 7 heteroatoms. The van der Waals surface area contributed by atoms with Gasteiger partial charge in [-0.3, -0.25) is 4.79 Å². The van der Waals surface area contributed by atoms with Gasteiger partial charge in [-0.2, -0.15) is 0 Å². The highest BCUT2D eigenvalue weighted by atomic mass is 32.2. The van der Waals surface area contributed by atoms with E-state index in [1.165, 1.54) is 6.92 Å². The van der Waals surface area contributed by atoms with E-state index in [1.54, 1.807) is 0 Å². The molecule has 0 spiro atoms. The molecule has 1 rings (SSSR count). The van der Waals surface area contributed by atoms with Crippen LogP contribution in [-0.4, -0.2) is 20.4 Å². The van der Waals surface area contributed by atoms with Crippen LogP contribution in [-0.2, 0) is 10.0 Å². The van der Waals surface area contributed by atoms with E-state index in [9.17, 15) is 13.2 Å². The van der Waals surface area contributed by atoms with Crippen molar-refractivity contribution in [3.8, 4) is 0 Å². The number of aryl methyl sites for hydroxylation is 1. The summed E-state index contributed by atoms with van der Waals surface area (Å²) in [5, 5.41) is 7.35. The lowest BCUT2D eigenvalue weighted by atomic mass is 10.1. The van der Waals surface area contributed by atoms with E-state index in [-0.39, 0.29) is 23.3 Å². The van der Waals surface area contributed by atoms with Crippen molar-refractivity contribution in [1.82, 2.24) is 5.32 Å². The van der Waals surface area contributed by atoms with Gasteiger partial charge in [0, 0.05) is 12.1 Å². The summed E-state index contributed by atoms with van der Waals surface area (Å²) in [6, 6.07) is 1.13.